The molecule has 1 unspecified atom stereocenters. The summed E-state index contributed by atoms with van der Waals surface area (Å²) in [5.74, 6) is 0.510. The van der Waals surface area contributed by atoms with Crippen LogP contribution in [-0.2, 0) is 6.42 Å². The fraction of sp³-hybridized carbons (Fsp3) is 0.211. The molecule has 0 amide bonds. The molecule has 4 rings (SSSR count). The first kappa shape index (κ1) is 11.7. The van der Waals surface area contributed by atoms with Crippen molar-refractivity contribution in [3.05, 3.63) is 77.0 Å². The zero-order valence-corrected chi connectivity index (χ0v) is 11.6. The Morgan fingerprint density at radius 1 is 1.00 bits per heavy atom. The van der Waals surface area contributed by atoms with Gasteiger partial charge in [0.2, 0.25) is 0 Å². The third-order valence-corrected chi connectivity index (χ3v) is 4.44. The SMILES string of the molecule is Cc1ccc(C2CCc3ccnc4cccc2c34)cc1. The number of hydrogen-bond donors (Lipinski definition) is 0. The van der Waals surface area contributed by atoms with Gasteiger partial charge in [0, 0.05) is 17.5 Å². The molecule has 20 heavy (non-hydrogen) atoms. The summed E-state index contributed by atoms with van der Waals surface area (Å²) in [4.78, 5) is 4.53. The second kappa shape index (κ2) is 4.45. The second-order valence-electron chi connectivity index (χ2n) is 5.71. The number of pyridine rings is 1. The van der Waals surface area contributed by atoms with Crippen LogP contribution in [0.5, 0.6) is 0 Å². The summed E-state index contributed by atoms with van der Waals surface area (Å²) in [5, 5.41) is 1.38. The van der Waals surface area contributed by atoms with E-state index in [1.165, 1.54) is 34.1 Å². The molecule has 0 radical (unpaired) electrons. The lowest BCUT2D eigenvalue weighted by molar-refractivity contribution is 0.704. The monoisotopic (exact) mass is 259 g/mol. The van der Waals surface area contributed by atoms with Crippen LogP contribution in [0.1, 0.15) is 34.6 Å². The lowest BCUT2D eigenvalue weighted by Gasteiger charge is -2.26. The van der Waals surface area contributed by atoms with E-state index in [0.29, 0.717) is 5.92 Å². The number of benzene rings is 2. The first-order valence-corrected chi connectivity index (χ1v) is 7.26. The van der Waals surface area contributed by atoms with Gasteiger partial charge in [-0.05, 0) is 48.6 Å². The molecule has 0 saturated heterocycles. The normalized spacial score (nSPS) is 17.4. The van der Waals surface area contributed by atoms with Crippen molar-refractivity contribution in [1.82, 2.24) is 4.98 Å². The van der Waals surface area contributed by atoms with Gasteiger partial charge in [-0.25, -0.2) is 0 Å². The van der Waals surface area contributed by atoms with Gasteiger partial charge >= 0.3 is 0 Å². The van der Waals surface area contributed by atoms with Crippen LogP contribution >= 0.6 is 0 Å². The lowest BCUT2D eigenvalue weighted by Crippen LogP contribution is -2.10. The largest absolute Gasteiger partial charge is 0.256 e. The van der Waals surface area contributed by atoms with Gasteiger partial charge in [0.1, 0.15) is 0 Å². The molecular weight excluding hydrogens is 242 g/mol. The third-order valence-electron chi connectivity index (χ3n) is 4.44. The Morgan fingerprint density at radius 3 is 2.70 bits per heavy atom. The van der Waals surface area contributed by atoms with Crippen molar-refractivity contribution in [3.63, 3.8) is 0 Å². The minimum absolute atomic E-state index is 0.510. The summed E-state index contributed by atoms with van der Waals surface area (Å²) in [6, 6.07) is 17.7. The molecule has 0 spiro atoms. The Hall–Kier alpha value is -2.15. The van der Waals surface area contributed by atoms with Crippen molar-refractivity contribution in [2.24, 2.45) is 0 Å². The number of nitrogens with zero attached hydrogens (tertiary/aromatic N) is 1. The van der Waals surface area contributed by atoms with Crippen molar-refractivity contribution in [3.8, 4) is 0 Å². The molecule has 0 fully saturated rings. The van der Waals surface area contributed by atoms with Crippen LogP contribution in [0.15, 0.2) is 54.7 Å². The second-order valence-corrected chi connectivity index (χ2v) is 5.71. The first-order valence-electron chi connectivity index (χ1n) is 7.26. The summed E-state index contributed by atoms with van der Waals surface area (Å²) < 4.78 is 0. The van der Waals surface area contributed by atoms with E-state index >= 15 is 0 Å². The van der Waals surface area contributed by atoms with Crippen LogP contribution in [-0.4, -0.2) is 4.98 Å². The van der Waals surface area contributed by atoms with Crippen LogP contribution in [0.3, 0.4) is 0 Å². The van der Waals surface area contributed by atoms with Crippen LogP contribution in [0.2, 0.25) is 0 Å². The molecule has 1 heteroatoms. The van der Waals surface area contributed by atoms with E-state index in [9.17, 15) is 0 Å². The molecule has 1 atom stereocenters. The smallest absolute Gasteiger partial charge is 0.0707 e. The number of rotatable bonds is 1. The minimum Gasteiger partial charge on any atom is -0.256 e. The van der Waals surface area contributed by atoms with E-state index in [1.807, 2.05) is 6.20 Å². The van der Waals surface area contributed by atoms with Gasteiger partial charge in [-0.2, -0.15) is 0 Å². The average Bonchev–Trinajstić information content (AvgIpc) is 2.49. The van der Waals surface area contributed by atoms with Gasteiger partial charge in [0.15, 0.2) is 0 Å². The molecule has 2 aromatic carbocycles. The Kier molecular flexibility index (Phi) is 2.59. The maximum absolute atomic E-state index is 4.53. The van der Waals surface area contributed by atoms with Crippen LogP contribution in [0, 0.1) is 6.92 Å². The molecule has 1 aromatic heterocycles. The fourth-order valence-corrected chi connectivity index (χ4v) is 3.40. The number of hydrogen-bond acceptors (Lipinski definition) is 1. The lowest BCUT2D eigenvalue weighted by atomic mass is 9.79. The Bertz CT molecular complexity index is 766. The van der Waals surface area contributed by atoms with Gasteiger partial charge < -0.3 is 0 Å². The van der Waals surface area contributed by atoms with E-state index in [4.69, 9.17) is 0 Å². The molecular formula is C19H17N. The van der Waals surface area contributed by atoms with Crippen molar-refractivity contribution in [2.45, 2.75) is 25.7 Å². The van der Waals surface area contributed by atoms with E-state index in [0.717, 1.165) is 11.9 Å². The molecule has 1 aliphatic rings. The highest BCUT2D eigenvalue weighted by molar-refractivity contribution is 5.87. The van der Waals surface area contributed by atoms with Crippen LogP contribution < -0.4 is 0 Å². The topological polar surface area (TPSA) is 12.9 Å². The highest BCUT2D eigenvalue weighted by atomic mass is 14.6. The van der Waals surface area contributed by atoms with Crippen molar-refractivity contribution >= 4 is 10.9 Å². The molecule has 0 bridgehead atoms. The van der Waals surface area contributed by atoms with Gasteiger partial charge in [-0.1, -0.05) is 42.0 Å². The molecule has 3 aromatic rings. The summed E-state index contributed by atoms with van der Waals surface area (Å²) >= 11 is 0. The van der Waals surface area contributed by atoms with E-state index < -0.39 is 0 Å². The zero-order chi connectivity index (χ0) is 13.5. The summed E-state index contributed by atoms with van der Waals surface area (Å²) in [6.45, 7) is 2.14. The Balaban J connectivity index is 1.93. The zero-order valence-electron chi connectivity index (χ0n) is 11.6. The highest BCUT2D eigenvalue weighted by Gasteiger charge is 2.23. The van der Waals surface area contributed by atoms with Crippen LogP contribution in [0.25, 0.3) is 10.9 Å². The summed E-state index contributed by atoms with van der Waals surface area (Å²) in [7, 11) is 0. The van der Waals surface area contributed by atoms with Crippen molar-refractivity contribution < 1.29 is 0 Å². The van der Waals surface area contributed by atoms with Gasteiger partial charge in [-0.3, -0.25) is 4.98 Å². The van der Waals surface area contributed by atoms with Gasteiger partial charge in [0.05, 0.1) is 5.52 Å². The average molecular weight is 259 g/mol. The molecule has 1 heterocycles. The Labute approximate surface area is 119 Å². The molecule has 1 aliphatic carbocycles. The third kappa shape index (κ3) is 1.74. The number of aryl methyl sites for hydroxylation is 2. The summed E-state index contributed by atoms with van der Waals surface area (Å²) in [6.07, 6.45) is 4.28. The highest BCUT2D eigenvalue weighted by Crippen LogP contribution is 2.39. The van der Waals surface area contributed by atoms with Crippen molar-refractivity contribution in [1.29, 1.82) is 0 Å². The Morgan fingerprint density at radius 2 is 1.85 bits per heavy atom. The fourth-order valence-electron chi connectivity index (χ4n) is 3.40. The molecule has 98 valence electrons. The quantitative estimate of drug-likeness (QED) is 0.621. The van der Waals surface area contributed by atoms with E-state index in [2.05, 4.69) is 60.4 Å². The standard InChI is InChI=1S/C19H17N/c1-13-5-7-14(8-6-13)16-10-9-15-11-12-20-18-4-2-3-17(16)19(15)18/h2-8,11-12,16H,9-10H2,1H3. The first-order chi connectivity index (χ1) is 9.83. The number of aromatic nitrogens is 1. The van der Waals surface area contributed by atoms with Crippen LogP contribution in [0.4, 0.5) is 0 Å². The molecule has 1 nitrogen and oxygen atoms in total. The van der Waals surface area contributed by atoms with Crippen molar-refractivity contribution in [2.75, 3.05) is 0 Å². The van der Waals surface area contributed by atoms with E-state index in [1.54, 1.807) is 0 Å². The summed E-state index contributed by atoms with van der Waals surface area (Å²) in [5.41, 5.74) is 6.79. The van der Waals surface area contributed by atoms with E-state index in [-0.39, 0.29) is 0 Å². The molecule has 0 aliphatic heterocycles. The minimum atomic E-state index is 0.510. The predicted molar refractivity (Wildman–Crippen MR) is 83.1 cm³/mol. The predicted octanol–water partition coefficient (Wildman–Crippen LogP) is 4.62. The molecule has 0 saturated carbocycles. The van der Waals surface area contributed by atoms with Gasteiger partial charge in [0.25, 0.3) is 0 Å². The maximum atomic E-state index is 4.53. The molecule has 0 N–H and O–H groups in total. The van der Waals surface area contributed by atoms with Gasteiger partial charge in [-0.15, -0.1) is 0 Å². The maximum Gasteiger partial charge on any atom is 0.0707 e.